The van der Waals surface area contributed by atoms with E-state index in [1.54, 1.807) is 4.31 Å². The van der Waals surface area contributed by atoms with Crippen molar-refractivity contribution in [3.63, 3.8) is 0 Å². The smallest absolute Gasteiger partial charge is 0.212 e. The van der Waals surface area contributed by atoms with E-state index in [2.05, 4.69) is 12.1 Å². The predicted molar refractivity (Wildman–Crippen MR) is 83.2 cm³/mol. The van der Waals surface area contributed by atoms with Crippen molar-refractivity contribution in [2.75, 3.05) is 5.75 Å². The molecule has 0 aliphatic carbocycles. The lowest BCUT2D eigenvalue weighted by Gasteiger charge is -2.27. The summed E-state index contributed by atoms with van der Waals surface area (Å²) in [5, 5.41) is 8.56. The highest BCUT2D eigenvalue weighted by atomic mass is 32.2. The molecule has 3 atom stereocenters. The molecule has 4 nitrogen and oxygen atoms in total. The van der Waals surface area contributed by atoms with E-state index in [1.807, 2.05) is 38.1 Å². The van der Waals surface area contributed by atoms with Crippen LogP contribution in [0.5, 0.6) is 0 Å². The van der Waals surface area contributed by atoms with Gasteiger partial charge >= 0.3 is 0 Å². The fourth-order valence-corrected chi connectivity index (χ4v) is 5.34. The van der Waals surface area contributed by atoms with Gasteiger partial charge in [0.05, 0.1) is 11.8 Å². The molecule has 1 saturated heterocycles. The zero-order chi connectivity index (χ0) is 15.5. The first-order valence-corrected chi connectivity index (χ1v) is 9.01. The average molecular weight is 306 g/mol. The van der Waals surface area contributed by atoms with Crippen LogP contribution in [0.3, 0.4) is 0 Å². The van der Waals surface area contributed by atoms with Crippen molar-refractivity contribution < 1.29 is 8.42 Å². The van der Waals surface area contributed by atoms with Crippen molar-refractivity contribution in [2.45, 2.75) is 51.1 Å². The summed E-state index contributed by atoms with van der Waals surface area (Å²) in [6, 6.07) is 12.1. The largest absolute Gasteiger partial charge is 0.214 e. The van der Waals surface area contributed by atoms with Gasteiger partial charge in [-0.1, -0.05) is 30.3 Å². The second-order valence-electron chi connectivity index (χ2n) is 5.75. The average Bonchev–Trinajstić information content (AvgIpc) is 2.75. The van der Waals surface area contributed by atoms with Crippen LogP contribution in [0.15, 0.2) is 30.3 Å². The van der Waals surface area contributed by atoms with Gasteiger partial charge in [-0.15, -0.1) is 0 Å². The third kappa shape index (κ3) is 3.45. The molecule has 5 heteroatoms. The highest BCUT2D eigenvalue weighted by molar-refractivity contribution is 7.89. The first-order chi connectivity index (χ1) is 9.97. The van der Waals surface area contributed by atoms with Gasteiger partial charge in [-0.2, -0.15) is 9.57 Å². The van der Waals surface area contributed by atoms with E-state index in [9.17, 15) is 8.42 Å². The van der Waals surface area contributed by atoms with Gasteiger partial charge in [0.1, 0.15) is 0 Å². The lowest BCUT2D eigenvalue weighted by atomic mass is 9.92. The van der Waals surface area contributed by atoms with Crippen molar-refractivity contribution in [3.05, 3.63) is 35.9 Å². The molecule has 0 unspecified atom stereocenters. The summed E-state index contributed by atoms with van der Waals surface area (Å²) < 4.78 is 26.7. The molecule has 0 bridgehead atoms. The Bertz CT molecular complexity index is 607. The second kappa shape index (κ2) is 6.59. The van der Waals surface area contributed by atoms with Crippen LogP contribution in [0, 0.1) is 11.3 Å². The molecule has 1 aromatic carbocycles. The Morgan fingerprint density at radius 2 is 1.95 bits per heavy atom. The fraction of sp³-hybridized carbons (Fsp3) is 0.562. The van der Waals surface area contributed by atoms with Gasteiger partial charge in [0, 0.05) is 24.4 Å². The highest BCUT2D eigenvalue weighted by Gasteiger charge is 2.42. The number of rotatable bonds is 5. The molecule has 0 saturated carbocycles. The molecule has 0 N–H and O–H groups in total. The maximum absolute atomic E-state index is 12.5. The topological polar surface area (TPSA) is 61.2 Å². The van der Waals surface area contributed by atoms with E-state index in [0.717, 1.165) is 6.42 Å². The number of sulfonamides is 1. The molecule has 1 aromatic rings. The SMILES string of the molecule is C[C@@H]1[C@H](c2ccccc2)C[C@H](C)N1S(=O)(=O)CCCC#N. The summed E-state index contributed by atoms with van der Waals surface area (Å²) in [6.45, 7) is 3.96. The van der Waals surface area contributed by atoms with Crippen molar-refractivity contribution in [2.24, 2.45) is 0 Å². The monoisotopic (exact) mass is 306 g/mol. The Labute approximate surface area is 127 Å². The van der Waals surface area contributed by atoms with Gasteiger partial charge in [-0.3, -0.25) is 0 Å². The molecule has 0 amide bonds. The van der Waals surface area contributed by atoms with Gasteiger partial charge in [0.15, 0.2) is 0 Å². The fourth-order valence-electron chi connectivity index (χ4n) is 3.33. The summed E-state index contributed by atoms with van der Waals surface area (Å²) in [4.78, 5) is 0. The molecule has 2 rings (SSSR count). The van der Waals surface area contributed by atoms with E-state index in [-0.39, 0.29) is 30.2 Å². The van der Waals surface area contributed by atoms with E-state index >= 15 is 0 Å². The van der Waals surface area contributed by atoms with Crippen LogP contribution < -0.4 is 0 Å². The number of unbranched alkanes of at least 4 members (excludes halogenated alkanes) is 1. The molecular formula is C16H22N2O2S. The molecular weight excluding hydrogens is 284 g/mol. The Kier molecular flexibility index (Phi) is 5.02. The first-order valence-electron chi connectivity index (χ1n) is 7.40. The second-order valence-corrected chi connectivity index (χ2v) is 7.74. The van der Waals surface area contributed by atoms with Crippen LogP contribution in [0.4, 0.5) is 0 Å². The molecule has 0 aromatic heterocycles. The van der Waals surface area contributed by atoms with Crippen molar-refractivity contribution in [1.82, 2.24) is 4.31 Å². The van der Waals surface area contributed by atoms with Crippen LogP contribution in [0.25, 0.3) is 0 Å². The van der Waals surface area contributed by atoms with Gasteiger partial charge in [0.2, 0.25) is 10.0 Å². The van der Waals surface area contributed by atoms with E-state index < -0.39 is 10.0 Å². The summed E-state index contributed by atoms with van der Waals surface area (Å²) >= 11 is 0. The van der Waals surface area contributed by atoms with Crippen LogP contribution >= 0.6 is 0 Å². The van der Waals surface area contributed by atoms with E-state index in [0.29, 0.717) is 6.42 Å². The van der Waals surface area contributed by atoms with Gasteiger partial charge in [0.25, 0.3) is 0 Å². The third-order valence-electron chi connectivity index (χ3n) is 4.25. The Morgan fingerprint density at radius 1 is 1.29 bits per heavy atom. The predicted octanol–water partition coefficient (Wildman–Crippen LogP) is 2.89. The summed E-state index contributed by atoms with van der Waals surface area (Å²) in [6.07, 6.45) is 1.55. The molecule has 21 heavy (non-hydrogen) atoms. The molecule has 0 radical (unpaired) electrons. The van der Waals surface area contributed by atoms with Gasteiger partial charge in [-0.05, 0) is 32.3 Å². The van der Waals surface area contributed by atoms with Crippen LogP contribution in [0.2, 0.25) is 0 Å². The van der Waals surface area contributed by atoms with Crippen molar-refractivity contribution in [1.29, 1.82) is 5.26 Å². The minimum Gasteiger partial charge on any atom is -0.212 e. The molecule has 114 valence electrons. The molecule has 1 fully saturated rings. The summed E-state index contributed by atoms with van der Waals surface area (Å²) in [5.74, 6) is 0.309. The molecule has 1 aliphatic rings. The minimum atomic E-state index is -3.29. The minimum absolute atomic E-state index is 0.0114. The van der Waals surface area contributed by atoms with Gasteiger partial charge < -0.3 is 0 Å². The van der Waals surface area contributed by atoms with Crippen LogP contribution in [0.1, 0.15) is 44.6 Å². The number of nitriles is 1. The van der Waals surface area contributed by atoms with Crippen LogP contribution in [-0.4, -0.2) is 30.6 Å². The quantitative estimate of drug-likeness (QED) is 0.786. The maximum Gasteiger partial charge on any atom is 0.214 e. The zero-order valence-electron chi connectivity index (χ0n) is 12.6. The van der Waals surface area contributed by atoms with Crippen molar-refractivity contribution in [3.8, 4) is 6.07 Å². The van der Waals surface area contributed by atoms with E-state index in [1.165, 1.54) is 5.56 Å². The standard InChI is InChI=1S/C16H22N2O2S/c1-13-12-16(15-8-4-3-5-9-15)14(2)18(13)21(19,20)11-7-6-10-17/h3-5,8-9,13-14,16H,6-7,11-12H2,1-2H3/t13-,14+,16+/m0/s1. The molecule has 1 heterocycles. The number of benzene rings is 1. The highest BCUT2D eigenvalue weighted by Crippen LogP contribution is 2.39. The first kappa shape index (κ1) is 16.0. The van der Waals surface area contributed by atoms with Crippen molar-refractivity contribution >= 4 is 10.0 Å². The molecule has 1 aliphatic heterocycles. The number of nitrogens with zero attached hydrogens (tertiary/aromatic N) is 2. The lowest BCUT2D eigenvalue weighted by molar-refractivity contribution is 0.343. The lowest BCUT2D eigenvalue weighted by Crippen LogP contribution is -2.40. The molecule has 0 spiro atoms. The Balaban J connectivity index is 2.17. The normalized spacial score (nSPS) is 26.6. The maximum atomic E-state index is 12.5. The Hall–Kier alpha value is -1.38. The summed E-state index contributed by atoms with van der Waals surface area (Å²) in [7, 11) is -3.29. The van der Waals surface area contributed by atoms with E-state index in [4.69, 9.17) is 5.26 Å². The third-order valence-corrected chi connectivity index (χ3v) is 6.39. The number of hydrogen-bond donors (Lipinski definition) is 0. The van der Waals surface area contributed by atoms with Gasteiger partial charge in [-0.25, -0.2) is 8.42 Å². The zero-order valence-corrected chi connectivity index (χ0v) is 13.4. The Morgan fingerprint density at radius 3 is 2.57 bits per heavy atom. The summed E-state index contributed by atoms with van der Waals surface area (Å²) in [5.41, 5.74) is 1.20. The van der Waals surface area contributed by atoms with Crippen LogP contribution in [-0.2, 0) is 10.0 Å². The number of hydrogen-bond acceptors (Lipinski definition) is 3.